The van der Waals surface area contributed by atoms with E-state index in [4.69, 9.17) is 0 Å². The fraction of sp³-hybridized carbons (Fsp3) is 0.111. The van der Waals surface area contributed by atoms with Gasteiger partial charge in [0.25, 0.3) is 0 Å². The highest BCUT2D eigenvalue weighted by Gasteiger charge is 2.15. The van der Waals surface area contributed by atoms with Gasteiger partial charge in [-0.3, -0.25) is 0 Å². The molecule has 0 radical (unpaired) electrons. The molecule has 0 spiro atoms. The van der Waals surface area contributed by atoms with Gasteiger partial charge in [-0.1, -0.05) is 6.07 Å². The van der Waals surface area contributed by atoms with E-state index >= 15 is 0 Å². The Morgan fingerprint density at radius 1 is 1.00 bits per heavy atom. The summed E-state index contributed by atoms with van der Waals surface area (Å²) in [5.74, 6) is -1.06. The summed E-state index contributed by atoms with van der Waals surface area (Å²) in [4.78, 5) is 12.0. The number of nitrogens with one attached hydrogen (secondary N) is 1. The molecule has 0 fully saturated rings. The van der Waals surface area contributed by atoms with Crippen molar-refractivity contribution in [1.29, 1.82) is 0 Å². The van der Waals surface area contributed by atoms with Crippen molar-refractivity contribution >= 4 is 11.0 Å². The summed E-state index contributed by atoms with van der Waals surface area (Å²) < 4.78 is 28.7. The highest BCUT2D eigenvalue weighted by Crippen LogP contribution is 2.32. The van der Waals surface area contributed by atoms with Gasteiger partial charge in [-0.2, -0.15) is 0 Å². The molecule has 2 heterocycles. The second kappa shape index (κ2) is 5.26. The van der Waals surface area contributed by atoms with Crippen LogP contribution in [-0.4, -0.2) is 19.5 Å². The fourth-order valence-electron chi connectivity index (χ4n) is 2.83. The maximum atomic E-state index is 13.6. The minimum Gasteiger partial charge on any atom is -0.342 e. The normalized spacial score (nSPS) is 11.3. The first-order valence-electron chi connectivity index (χ1n) is 7.46. The molecule has 2 aromatic heterocycles. The number of halogens is 2. The Kier molecular flexibility index (Phi) is 3.19. The standard InChI is InChI=1S/C18H14F2N4/c1-10-22-17(11-3-5-13(19)14(20)7-11)18(23-10)12-4-6-15-16(8-12)24(2)9-21-15/h3-9H,1-2H3,(H,22,23). The van der Waals surface area contributed by atoms with Crippen molar-refractivity contribution in [2.45, 2.75) is 6.92 Å². The number of fused-ring (bicyclic) bond motifs is 1. The molecule has 4 rings (SSSR count). The van der Waals surface area contributed by atoms with E-state index < -0.39 is 11.6 Å². The smallest absolute Gasteiger partial charge is 0.159 e. The molecule has 0 bridgehead atoms. The topological polar surface area (TPSA) is 46.5 Å². The maximum Gasteiger partial charge on any atom is 0.159 e. The molecule has 0 aliphatic carbocycles. The van der Waals surface area contributed by atoms with Gasteiger partial charge in [0, 0.05) is 18.2 Å². The van der Waals surface area contributed by atoms with E-state index in [0.717, 1.165) is 34.4 Å². The molecule has 0 aliphatic rings. The molecule has 0 saturated carbocycles. The molecule has 0 atom stereocenters. The monoisotopic (exact) mass is 324 g/mol. The summed E-state index contributed by atoms with van der Waals surface area (Å²) >= 11 is 0. The quantitative estimate of drug-likeness (QED) is 0.600. The van der Waals surface area contributed by atoms with E-state index in [0.29, 0.717) is 17.1 Å². The number of aromatic nitrogens is 4. The minimum atomic E-state index is -0.888. The number of aromatic amines is 1. The molecule has 0 saturated heterocycles. The average Bonchev–Trinajstić information content (AvgIpc) is 3.13. The summed E-state index contributed by atoms with van der Waals surface area (Å²) in [5, 5.41) is 0. The number of benzene rings is 2. The highest BCUT2D eigenvalue weighted by molar-refractivity contribution is 5.85. The van der Waals surface area contributed by atoms with Crippen molar-refractivity contribution in [3.63, 3.8) is 0 Å². The summed E-state index contributed by atoms with van der Waals surface area (Å²) in [5.41, 5.74) is 4.67. The molecule has 24 heavy (non-hydrogen) atoms. The Morgan fingerprint density at radius 2 is 1.79 bits per heavy atom. The van der Waals surface area contributed by atoms with Gasteiger partial charge in [0.2, 0.25) is 0 Å². The first-order chi connectivity index (χ1) is 11.5. The van der Waals surface area contributed by atoms with Crippen LogP contribution < -0.4 is 0 Å². The second-order valence-corrected chi connectivity index (χ2v) is 5.73. The van der Waals surface area contributed by atoms with Crippen molar-refractivity contribution in [1.82, 2.24) is 19.5 Å². The van der Waals surface area contributed by atoms with Crippen molar-refractivity contribution in [2.75, 3.05) is 0 Å². The van der Waals surface area contributed by atoms with Gasteiger partial charge in [-0.25, -0.2) is 18.7 Å². The van der Waals surface area contributed by atoms with Gasteiger partial charge < -0.3 is 9.55 Å². The maximum absolute atomic E-state index is 13.6. The van der Waals surface area contributed by atoms with Crippen LogP contribution in [0.3, 0.4) is 0 Å². The van der Waals surface area contributed by atoms with Crippen molar-refractivity contribution in [3.8, 4) is 22.5 Å². The van der Waals surface area contributed by atoms with Crippen LogP contribution in [0.4, 0.5) is 8.78 Å². The van der Waals surface area contributed by atoms with E-state index in [-0.39, 0.29) is 0 Å². The average molecular weight is 324 g/mol. The summed E-state index contributed by atoms with van der Waals surface area (Å²) in [6, 6.07) is 9.67. The molecule has 6 heteroatoms. The molecule has 0 amide bonds. The molecular weight excluding hydrogens is 310 g/mol. The second-order valence-electron chi connectivity index (χ2n) is 5.73. The van der Waals surface area contributed by atoms with Crippen molar-refractivity contribution in [2.24, 2.45) is 7.05 Å². The number of aryl methyl sites for hydroxylation is 2. The molecule has 4 aromatic rings. The molecular formula is C18H14F2N4. The Morgan fingerprint density at radius 3 is 2.58 bits per heavy atom. The molecule has 2 aromatic carbocycles. The van der Waals surface area contributed by atoms with Crippen LogP contribution in [-0.2, 0) is 7.05 Å². The van der Waals surface area contributed by atoms with Gasteiger partial charge in [-0.15, -0.1) is 0 Å². The van der Waals surface area contributed by atoms with Crippen LogP contribution in [0.1, 0.15) is 5.82 Å². The van der Waals surface area contributed by atoms with Crippen LogP contribution in [0.15, 0.2) is 42.7 Å². The summed E-state index contributed by atoms with van der Waals surface area (Å²) in [6.45, 7) is 1.83. The van der Waals surface area contributed by atoms with Gasteiger partial charge in [0.05, 0.1) is 28.7 Å². The third kappa shape index (κ3) is 2.27. The molecule has 4 nitrogen and oxygen atoms in total. The van der Waals surface area contributed by atoms with Crippen LogP contribution in [0.2, 0.25) is 0 Å². The number of H-pyrrole nitrogens is 1. The minimum absolute atomic E-state index is 0.526. The lowest BCUT2D eigenvalue weighted by atomic mass is 10.0. The highest BCUT2D eigenvalue weighted by atomic mass is 19.2. The van der Waals surface area contributed by atoms with Gasteiger partial charge in [0.15, 0.2) is 11.6 Å². The lowest BCUT2D eigenvalue weighted by Crippen LogP contribution is -1.89. The van der Waals surface area contributed by atoms with E-state index in [1.807, 2.05) is 36.7 Å². The lowest BCUT2D eigenvalue weighted by molar-refractivity contribution is 0.509. The third-order valence-corrected chi connectivity index (χ3v) is 4.03. The number of hydrogen-bond donors (Lipinski definition) is 1. The Bertz CT molecular complexity index is 1060. The SMILES string of the molecule is Cc1nc(-c2ccc(F)c(F)c2)c(-c2ccc3ncn(C)c3c2)[nH]1. The fourth-order valence-corrected chi connectivity index (χ4v) is 2.83. The van der Waals surface area contributed by atoms with Crippen LogP contribution in [0, 0.1) is 18.6 Å². The molecule has 1 N–H and O–H groups in total. The van der Waals surface area contributed by atoms with Crippen LogP contribution in [0.5, 0.6) is 0 Å². The Balaban J connectivity index is 1.91. The first kappa shape index (κ1) is 14.6. The Labute approximate surface area is 136 Å². The zero-order valence-corrected chi connectivity index (χ0v) is 13.1. The molecule has 0 unspecified atom stereocenters. The predicted octanol–water partition coefficient (Wildman–Crippen LogP) is 4.22. The van der Waals surface area contributed by atoms with Crippen LogP contribution >= 0.6 is 0 Å². The van der Waals surface area contributed by atoms with Crippen molar-refractivity contribution in [3.05, 3.63) is 60.2 Å². The van der Waals surface area contributed by atoms with Crippen LogP contribution in [0.25, 0.3) is 33.5 Å². The zero-order chi connectivity index (χ0) is 16.8. The zero-order valence-electron chi connectivity index (χ0n) is 13.1. The largest absolute Gasteiger partial charge is 0.342 e. The van der Waals surface area contributed by atoms with Gasteiger partial charge in [0.1, 0.15) is 5.82 Å². The number of nitrogens with zero attached hydrogens (tertiary/aromatic N) is 3. The number of hydrogen-bond acceptors (Lipinski definition) is 2. The first-order valence-corrected chi connectivity index (χ1v) is 7.46. The number of imidazole rings is 2. The lowest BCUT2D eigenvalue weighted by Gasteiger charge is -2.05. The van der Waals surface area contributed by atoms with Crippen molar-refractivity contribution < 1.29 is 8.78 Å². The summed E-state index contributed by atoms with van der Waals surface area (Å²) in [7, 11) is 1.92. The van der Waals surface area contributed by atoms with Gasteiger partial charge >= 0.3 is 0 Å². The van der Waals surface area contributed by atoms with E-state index in [1.165, 1.54) is 6.07 Å². The predicted molar refractivity (Wildman–Crippen MR) is 88.4 cm³/mol. The molecule has 120 valence electrons. The van der Waals surface area contributed by atoms with Gasteiger partial charge in [-0.05, 0) is 37.3 Å². The molecule has 0 aliphatic heterocycles. The van der Waals surface area contributed by atoms with E-state index in [9.17, 15) is 8.78 Å². The van der Waals surface area contributed by atoms with E-state index in [2.05, 4.69) is 15.0 Å². The van der Waals surface area contributed by atoms with E-state index in [1.54, 1.807) is 6.33 Å². The number of rotatable bonds is 2. The summed E-state index contributed by atoms with van der Waals surface area (Å²) in [6.07, 6.45) is 1.75. The Hall–Kier alpha value is -3.02. The third-order valence-electron chi connectivity index (χ3n) is 4.03.